The van der Waals surface area contributed by atoms with Crippen molar-refractivity contribution in [2.45, 2.75) is 13.0 Å². The summed E-state index contributed by atoms with van der Waals surface area (Å²) in [6.45, 7) is 2.70. The van der Waals surface area contributed by atoms with Gasteiger partial charge in [0.2, 0.25) is 0 Å². The first-order valence-electron chi connectivity index (χ1n) is 6.89. The molecule has 0 radical (unpaired) electrons. The Kier molecular flexibility index (Phi) is 4.02. The topological polar surface area (TPSA) is 66.0 Å². The molecule has 0 saturated heterocycles. The molecule has 1 atom stereocenters. The third-order valence-corrected chi connectivity index (χ3v) is 3.38. The highest BCUT2D eigenvalue weighted by Crippen LogP contribution is 2.18. The van der Waals surface area contributed by atoms with Crippen molar-refractivity contribution in [2.24, 2.45) is 4.99 Å². The molecule has 21 heavy (non-hydrogen) atoms. The van der Waals surface area contributed by atoms with Gasteiger partial charge in [0, 0.05) is 35.6 Å². The quantitative estimate of drug-likeness (QED) is 0.706. The third-order valence-electron chi connectivity index (χ3n) is 3.38. The van der Waals surface area contributed by atoms with E-state index in [0.29, 0.717) is 6.67 Å². The fourth-order valence-electron chi connectivity index (χ4n) is 2.15. The van der Waals surface area contributed by atoms with Crippen molar-refractivity contribution in [3.8, 4) is 0 Å². The summed E-state index contributed by atoms with van der Waals surface area (Å²) in [5.41, 5.74) is 3.22. The van der Waals surface area contributed by atoms with E-state index >= 15 is 0 Å². The standard InChI is InChI=1S/C16H17N5/c1-12(19-11-17-8-13-9-20-21-10-13)14-4-5-16-15(7-14)3-2-6-18-16/h2-10,12,19H,11H2,1H3,(H,20,21). The van der Waals surface area contributed by atoms with E-state index in [2.05, 4.69) is 56.7 Å². The summed E-state index contributed by atoms with van der Waals surface area (Å²) in [5.74, 6) is 0. The van der Waals surface area contributed by atoms with Crippen molar-refractivity contribution in [3.05, 3.63) is 60.0 Å². The Morgan fingerprint density at radius 3 is 3.19 bits per heavy atom. The molecule has 0 aliphatic heterocycles. The van der Waals surface area contributed by atoms with Crippen LogP contribution in [0.2, 0.25) is 0 Å². The van der Waals surface area contributed by atoms with Crippen LogP contribution in [0, 0.1) is 0 Å². The van der Waals surface area contributed by atoms with Gasteiger partial charge in [0.15, 0.2) is 0 Å². The molecule has 2 aromatic heterocycles. The van der Waals surface area contributed by atoms with Gasteiger partial charge in [0.05, 0.1) is 18.4 Å². The molecule has 1 aromatic carbocycles. The molecular formula is C16H17N5. The zero-order chi connectivity index (χ0) is 14.5. The molecule has 0 aliphatic carbocycles. The van der Waals surface area contributed by atoms with Crippen LogP contribution in [0.15, 0.2) is 53.9 Å². The highest BCUT2D eigenvalue weighted by Gasteiger charge is 2.04. The molecule has 0 saturated carbocycles. The number of aliphatic imine (C=N–C) groups is 1. The van der Waals surface area contributed by atoms with Gasteiger partial charge in [-0.1, -0.05) is 12.1 Å². The highest BCUT2D eigenvalue weighted by atomic mass is 15.1. The molecule has 0 amide bonds. The van der Waals surface area contributed by atoms with Crippen LogP contribution in [0.4, 0.5) is 0 Å². The second-order valence-corrected chi connectivity index (χ2v) is 4.88. The molecule has 1 unspecified atom stereocenters. The Morgan fingerprint density at radius 1 is 1.38 bits per heavy atom. The van der Waals surface area contributed by atoms with Crippen molar-refractivity contribution in [3.63, 3.8) is 0 Å². The van der Waals surface area contributed by atoms with Gasteiger partial charge in [-0.15, -0.1) is 0 Å². The molecule has 3 rings (SSSR count). The van der Waals surface area contributed by atoms with Crippen molar-refractivity contribution >= 4 is 17.1 Å². The number of pyridine rings is 1. The largest absolute Gasteiger partial charge is 0.292 e. The van der Waals surface area contributed by atoms with Gasteiger partial charge in [0.1, 0.15) is 0 Å². The van der Waals surface area contributed by atoms with Gasteiger partial charge in [0.25, 0.3) is 0 Å². The van der Waals surface area contributed by atoms with Crippen LogP contribution in [0.1, 0.15) is 24.1 Å². The van der Waals surface area contributed by atoms with Crippen LogP contribution < -0.4 is 5.32 Å². The van der Waals surface area contributed by atoms with E-state index in [4.69, 9.17) is 0 Å². The lowest BCUT2D eigenvalue weighted by Crippen LogP contribution is -2.18. The fourth-order valence-corrected chi connectivity index (χ4v) is 2.15. The van der Waals surface area contributed by atoms with E-state index in [1.54, 1.807) is 12.4 Å². The summed E-state index contributed by atoms with van der Waals surface area (Å²) in [6.07, 6.45) is 7.16. The Hall–Kier alpha value is -2.53. The van der Waals surface area contributed by atoms with Crippen LogP contribution in [-0.2, 0) is 0 Å². The molecule has 0 fully saturated rings. The second-order valence-electron chi connectivity index (χ2n) is 4.88. The normalized spacial score (nSPS) is 13.0. The highest BCUT2D eigenvalue weighted by molar-refractivity contribution is 5.79. The number of H-pyrrole nitrogens is 1. The maximum absolute atomic E-state index is 4.33. The van der Waals surface area contributed by atoms with E-state index in [0.717, 1.165) is 16.5 Å². The average molecular weight is 279 g/mol. The lowest BCUT2D eigenvalue weighted by molar-refractivity contribution is 0.590. The molecular weight excluding hydrogens is 262 g/mol. The van der Waals surface area contributed by atoms with Crippen molar-refractivity contribution in [1.29, 1.82) is 0 Å². The Morgan fingerprint density at radius 2 is 2.33 bits per heavy atom. The van der Waals surface area contributed by atoms with E-state index < -0.39 is 0 Å². The minimum atomic E-state index is 0.233. The number of aromatic nitrogens is 3. The molecule has 2 heterocycles. The first-order valence-corrected chi connectivity index (χ1v) is 6.89. The first-order chi connectivity index (χ1) is 10.3. The third kappa shape index (κ3) is 3.32. The maximum atomic E-state index is 4.33. The summed E-state index contributed by atoms with van der Waals surface area (Å²) >= 11 is 0. The monoisotopic (exact) mass is 279 g/mol. The predicted octanol–water partition coefficient (Wildman–Crippen LogP) is 2.69. The number of fused-ring (bicyclic) bond motifs is 1. The van der Waals surface area contributed by atoms with Crippen molar-refractivity contribution in [1.82, 2.24) is 20.5 Å². The molecule has 0 aliphatic rings. The SMILES string of the molecule is CC(NCN=Cc1cn[nH]c1)c1ccc2ncccc2c1. The zero-order valence-electron chi connectivity index (χ0n) is 11.8. The molecule has 2 N–H and O–H groups in total. The summed E-state index contributed by atoms with van der Waals surface area (Å²) < 4.78 is 0. The van der Waals surface area contributed by atoms with Gasteiger partial charge in [-0.25, -0.2) is 0 Å². The fraction of sp³-hybridized carbons (Fsp3) is 0.188. The van der Waals surface area contributed by atoms with Crippen LogP contribution >= 0.6 is 0 Å². The van der Waals surface area contributed by atoms with E-state index in [1.807, 2.05) is 18.5 Å². The van der Waals surface area contributed by atoms with Crippen LogP contribution in [-0.4, -0.2) is 28.1 Å². The molecule has 0 spiro atoms. The van der Waals surface area contributed by atoms with Gasteiger partial charge < -0.3 is 0 Å². The molecule has 3 aromatic rings. The van der Waals surface area contributed by atoms with Crippen LogP contribution in [0.5, 0.6) is 0 Å². The lowest BCUT2D eigenvalue weighted by Gasteiger charge is -2.13. The molecule has 5 nitrogen and oxygen atoms in total. The molecule has 106 valence electrons. The number of nitrogens with zero attached hydrogens (tertiary/aromatic N) is 3. The first kappa shape index (κ1) is 13.5. The van der Waals surface area contributed by atoms with E-state index in [-0.39, 0.29) is 6.04 Å². The number of aromatic amines is 1. The Bertz CT molecular complexity index is 733. The number of hydrogen-bond acceptors (Lipinski definition) is 4. The summed E-state index contributed by atoms with van der Waals surface area (Å²) in [5, 5.41) is 11.2. The van der Waals surface area contributed by atoms with Crippen molar-refractivity contribution < 1.29 is 0 Å². The van der Waals surface area contributed by atoms with Crippen LogP contribution in [0.25, 0.3) is 10.9 Å². The number of nitrogens with one attached hydrogen (secondary N) is 2. The molecule has 5 heteroatoms. The van der Waals surface area contributed by atoms with Gasteiger partial charge >= 0.3 is 0 Å². The summed E-state index contributed by atoms with van der Waals surface area (Å²) in [6, 6.07) is 10.6. The predicted molar refractivity (Wildman–Crippen MR) is 84.3 cm³/mol. The number of rotatable bonds is 5. The minimum Gasteiger partial charge on any atom is -0.292 e. The Labute approximate surface area is 123 Å². The summed E-state index contributed by atoms with van der Waals surface area (Å²) in [4.78, 5) is 8.67. The smallest absolute Gasteiger partial charge is 0.0889 e. The average Bonchev–Trinajstić information content (AvgIpc) is 3.04. The van der Waals surface area contributed by atoms with E-state index in [1.165, 1.54) is 5.56 Å². The van der Waals surface area contributed by atoms with Crippen LogP contribution in [0.3, 0.4) is 0 Å². The number of hydrogen-bond donors (Lipinski definition) is 2. The maximum Gasteiger partial charge on any atom is 0.0889 e. The Balaban J connectivity index is 1.62. The van der Waals surface area contributed by atoms with Gasteiger partial charge in [-0.05, 0) is 30.7 Å². The zero-order valence-corrected chi connectivity index (χ0v) is 11.8. The molecule has 0 bridgehead atoms. The lowest BCUT2D eigenvalue weighted by atomic mass is 10.1. The van der Waals surface area contributed by atoms with Gasteiger partial charge in [-0.3, -0.25) is 20.4 Å². The summed E-state index contributed by atoms with van der Waals surface area (Å²) in [7, 11) is 0. The minimum absolute atomic E-state index is 0.233. The van der Waals surface area contributed by atoms with Gasteiger partial charge in [-0.2, -0.15) is 5.10 Å². The van der Waals surface area contributed by atoms with Crippen molar-refractivity contribution in [2.75, 3.05) is 6.67 Å². The second kappa shape index (κ2) is 6.28. The van der Waals surface area contributed by atoms with E-state index in [9.17, 15) is 0 Å². The number of benzene rings is 1.